The van der Waals surface area contributed by atoms with Crippen LogP contribution in [0.15, 0.2) is 12.1 Å². The maximum atomic E-state index is 10.7. The third kappa shape index (κ3) is 3.22. The lowest BCUT2D eigenvalue weighted by molar-refractivity contribution is -0.385. The van der Waals surface area contributed by atoms with Crippen LogP contribution >= 0.6 is 0 Å². The quantitative estimate of drug-likeness (QED) is 0.639. The van der Waals surface area contributed by atoms with Gasteiger partial charge in [0, 0.05) is 12.1 Å². The van der Waals surface area contributed by atoms with Crippen molar-refractivity contribution in [3.63, 3.8) is 0 Å². The molecule has 20 heavy (non-hydrogen) atoms. The van der Waals surface area contributed by atoms with Gasteiger partial charge in [-0.2, -0.15) is 5.26 Å². The van der Waals surface area contributed by atoms with E-state index < -0.39 is 4.92 Å². The molecular formula is C13H17N5O2. The van der Waals surface area contributed by atoms with Crippen LogP contribution in [-0.2, 0) is 0 Å². The molecule has 7 nitrogen and oxygen atoms in total. The first-order chi connectivity index (χ1) is 9.61. The summed E-state index contributed by atoms with van der Waals surface area (Å²) in [5, 5.41) is 26.2. The highest BCUT2D eigenvalue weighted by molar-refractivity contribution is 5.50. The molecule has 0 aliphatic carbocycles. The molecule has 1 aromatic heterocycles. The second-order valence-corrected chi connectivity index (χ2v) is 4.97. The van der Waals surface area contributed by atoms with Crippen molar-refractivity contribution >= 4 is 11.5 Å². The summed E-state index contributed by atoms with van der Waals surface area (Å²) in [6.45, 7) is 4.07. The Bertz CT molecular complexity index is 534. The summed E-state index contributed by atoms with van der Waals surface area (Å²) in [6.07, 6.45) is 2.28. The molecule has 1 fully saturated rings. The number of aromatic nitrogens is 1. The number of nitro groups is 1. The highest BCUT2D eigenvalue weighted by atomic mass is 16.6. The van der Waals surface area contributed by atoms with Gasteiger partial charge in [0.25, 0.3) is 0 Å². The van der Waals surface area contributed by atoms with E-state index in [0.29, 0.717) is 11.7 Å². The van der Waals surface area contributed by atoms with E-state index in [0.717, 1.165) is 25.9 Å². The fraction of sp³-hybridized carbons (Fsp3) is 0.538. The third-order valence-electron chi connectivity index (χ3n) is 3.59. The summed E-state index contributed by atoms with van der Waals surface area (Å²) in [4.78, 5) is 14.2. The molecule has 0 bridgehead atoms. The van der Waals surface area contributed by atoms with Crippen molar-refractivity contribution in [3.8, 4) is 6.07 Å². The fourth-order valence-corrected chi connectivity index (χ4v) is 2.42. The summed E-state index contributed by atoms with van der Waals surface area (Å²) in [5.41, 5.74) is -0.418. The number of hydrogen-bond acceptors (Lipinski definition) is 6. The Morgan fingerprint density at radius 3 is 3.05 bits per heavy atom. The zero-order chi connectivity index (χ0) is 14.5. The molecule has 2 heterocycles. The summed E-state index contributed by atoms with van der Waals surface area (Å²) in [5.74, 6) is 0.997. The molecule has 2 atom stereocenters. The van der Waals surface area contributed by atoms with Gasteiger partial charge in [0.2, 0.25) is 5.69 Å². The van der Waals surface area contributed by atoms with Gasteiger partial charge in [-0.05, 0) is 44.8 Å². The molecule has 1 saturated heterocycles. The minimum absolute atomic E-state index is 0.158. The van der Waals surface area contributed by atoms with Crippen molar-refractivity contribution in [2.75, 3.05) is 18.4 Å². The number of pyridine rings is 1. The summed E-state index contributed by atoms with van der Waals surface area (Å²) in [7, 11) is 0. The van der Waals surface area contributed by atoms with Crippen molar-refractivity contribution in [3.05, 3.63) is 27.9 Å². The number of piperidine rings is 1. The number of anilines is 1. The van der Waals surface area contributed by atoms with Crippen LogP contribution in [0.5, 0.6) is 0 Å². The van der Waals surface area contributed by atoms with Crippen molar-refractivity contribution < 1.29 is 4.92 Å². The van der Waals surface area contributed by atoms with Crippen LogP contribution in [-0.4, -0.2) is 29.0 Å². The Labute approximate surface area is 117 Å². The maximum Gasteiger partial charge on any atom is 0.305 e. The average Bonchev–Trinajstić information content (AvgIpc) is 2.47. The zero-order valence-corrected chi connectivity index (χ0v) is 11.3. The lowest BCUT2D eigenvalue weighted by Gasteiger charge is -2.29. The molecule has 0 radical (unpaired) electrons. The molecule has 7 heteroatoms. The molecule has 0 saturated carbocycles. The van der Waals surface area contributed by atoms with Gasteiger partial charge in [0.15, 0.2) is 0 Å². The highest BCUT2D eigenvalue weighted by Crippen LogP contribution is 2.21. The van der Waals surface area contributed by atoms with Crippen LogP contribution in [0.3, 0.4) is 0 Å². The first-order valence-electron chi connectivity index (χ1n) is 6.64. The lowest BCUT2D eigenvalue weighted by atomic mass is 9.93. The second kappa shape index (κ2) is 6.30. The van der Waals surface area contributed by atoms with Gasteiger partial charge in [-0.3, -0.25) is 10.1 Å². The Morgan fingerprint density at radius 1 is 1.65 bits per heavy atom. The maximum absolute atomic E-state index is 10.7. The molecule has 2 rings (SSSR count). The van der Waals surface area contributed by atoms with Crippen molar-refractivity contribution in [2.24, 2.45) is 5.92 Å². The van der Waals surface area contributed by atoms with Gasteiger partial charge in [-0.1, -0.05) is 0 Å². The molecule has 106 valence electrons. The predicted molar refractivity (Wildman–Crippen MR) is 74.3 cm³/mol. The minimum atomic E-state index is -0.593. The van der Waals surface area contributed by atoms with Crippen LogP contribution in [0.1, 0.15) is 25.5 Å². The summed E-state index contributed by atoms with van der Waals surface area (Å²) >= 11 is 0. The Hall–Kier alpha value is -2.20. The second-order valence-electron chi connectivity index (χ2n) is 4.97. The van der Waals surface area contributed by atoms with E-state index in [1.807, 2.05) is 0 Å². The van der Waals surface area contributed by atoms with E-state index >= 15 is 0 Å². The van der Waals surface area contributed by atoms with Gasteiger partial charge in [-0.25, -0.2) is 4.98 Å². The number of rotatable bonds is 4. The number of nitrogens with one attached hydrogen (secondary N) is 2. The molecule has 0 amide bonds. The number of nitrogens with zero attached hydrogens (tertiary/aromatic N) is 3. The Balaban J connectivity index is 2.09. The topological polar surface area (TPSA) is 104 Å². The SMILES string of the molecule is CC(Nc1ccc([N+](=O)[O-])c(C#N)n1)C1CCCNC1. The number of nitriles is 1. The summed E-state index contributed by atoms with van der Waals surface area (Å²) in [6, 6.07) is 4.83. The van der Waals surface area contributed by atoms with Crippen LogP contribution in [0.2, 0.25) is 0 Å². The largest absolute Gasteiger partial charge is 0.367 e. The number of hydrogen-bond donors (Lipinski definition) is 2. The van der Waals surface area contributed by atoms with E-state index in [1.54, 1.807) is 12.1 Å². The normalized spacial score (nSPS) is 19.9. The molecule has 0 aromatic carbocycles. The Morgan fingerprint density at radius 2 is 2.45 bits per heavy atom. The molecule has 1 aliphatic rings. The first-order valence-corrected chi connectivity index (χ1v) is 6.64. The lowest BCUT2D eigenvalue weighted by Crippen LogP contribution is -2.38. The molecule has 2 unspecified atom stereocenters. The van der Waals surface area contributed by atoms with Gasteiger partial charge in [0.1, 0.15) is 11.9 Å². The van der Waals surface area contributed by atoms with Crippen LogP contribution in [0, 0.1) is 27.4 Å². The third-order valence-corrected chi connectivity index (χ3v) is 3.59. The molecule has 1 aliphatic heterocycles. The standard InChI is InChI=1S/C13H17N5O2/c1-9(10-3-2-6-15-8-10)16-13-5-4-12(18(19)20)11(7-14)17-13/h4-5,9-10,15H,2-3,6,8H2,1H3,(H,16,17). The smallest absolute Gasteiger partial charge is 0.305 e. The van der Waals surface area contributed by atoms with Gasteiger partial charge in [-0.15, -0.1) is 0 Å². The van der Waals surface area contributed by atoms with Crippen molar-refractivity contribution in [2.45, 2.75) is 25.8 Å². The molecular weight excluding hydrogens is 258 g/mol. The zero-order valence-electron chi connectivity index (χ0n) is 11.3. The van der Waals surface area contributed by atoms with Crippen LogP contribution < -0.4 is 10.6 Å². The van der Waals surface area contributed by atoms with E-state index in [4.69, 9.17) is 5.26 Å². The highest BCUT2D eigenvalue weighted by Gasteiger charge is 2.21. The molecule has 1 aromatic rings. The average molecular weight is 275 g/mol. The van der Waals surface area contributed by atoms with Gasteiger partial charge >= 0.3 is 5.69 Å². The molecule has 0 spiro atoms. The van der Waals surface area contributed by atoms with Crippen LogP contribution in [0.4, 0.5) is 11.5 Å². The van der Waals surface area contributed by atoms with Crippen molar-refractivity contribution in [1.82, 2.24) is 10.3 Å². The van der Waals surface area contributed by atoms with Crippen molar-refractivity contribution in [1.29, 1.82) is 5.26 Å². The van der Waals surface area contributed by atoms with Gasteiger partial charge < -0.3 is 10.6 Å². The minimum Gasteiger partial charge on any atom is -0.367 e. The fourth-order valence-electron chi connectivity index (χ4n) is 2.42. The van der Waals surface area contributed by atoms with E-state index in [2.05, 4.69) is 22.5 Å². The molecule has 2 N–H and O–H groups in total. The van der Waals surface area contributed by atoms with Crippen LogP contribution in [0.25, 0.3) is 0 Å². The van der Waals surface area contributed by atoms with Gasteiger partial charge in [0.05, 0.1) is 4.92 Å². The van der Waals surface area contributed by atoms with E-state index in [-0.39, 0.29) is 17.4 Å². The van der Waals surface area contributed by atoms with E-state index in [9.17, 15) is 10.1 Å². The summed E-state index contributed by atoms with van der Waals surface area (Å²) < 4.78 is 0. The van der Waals surface area contributed by atoms with E-state index in [1.165, 1.54) is 6.07 Å². The Kier molecular flexibility index (Phi) is 4.48. The first kappa shape index (κ1) is 14.2. The predicted octanol–water partition coefficient (Wildman–Crippen LogP) is 1.66. The monoisotopic (exact) mass is 275 g/mol.